The Morgan fingerprint density at radius 2 is 1.89 bits per heavy atom. The molecule has 1 aliphatic heterocycles. The van der Waals surface area contributed by atoms with Gasteiger partial charge in [-0.05, 0) is 44.1 Å². The Bertz CT molecular complexity index is 1570. The molecule has 5 aromatic rings. The van der Waals surface area contributed by atoms with Gasteiger partial charge in [-0.2, -0.15) is 0 Å². The van der Waals surface area contributed by atoms with Crippen molar-refractivity contribution in [2.75, 3.05) is 25.5 Å². The van der Waals surface area contributed by atoms with E-state index in [2.05, 4.69) is 35.8 Å². The zero-order valence-electron chi connectivity index (χ0n) is 19.9. The summed E-state index contributed by atoms with van der Waals surface area (Å²) < 4.78 is 34.0. The van der Waals surface area contributed by atoms with Crippen molar-refractivity contribution in [2.45, 2.75) is 18.9 Å². The molecule has 0 unspecified atom stereocenters. The molecule has 0 saturated carbocycles. The highest BCUT2D eigenvalue weighted by molar-refractivity contribution is 5.93. The van der Waals surface area contributed by atoms with E-state index in [-0.39, 0.29) is 17.7 Å². The number of benzene rings is 2. The van der Waals surface area contributed by atoms with Crippen molar-refractivity contribution < 1.29 is 18.6 Å². The number of aromatic nitrogens is 6. The fourth-order valence-electron chi connectivity index (χ4n) is 4.19. The van der Waals surface area contributed by atoms with E-state index in [4.69, 9.17) is 14.2 Å². The highest BCUT2D eigenvalue weighted by atomic mass is 19.1. The van der Waals surface area contributed by atoms with Gasteiger partial charge < -0.3 is 24.8 Å². The average molecular weight is 503 g/mol. The Balaban J connectivity index is 1.26. The van der Waals surface area contributed by atoms with Crippen LogP contribution < -0.4 is 24.8 Å². The minimum absolute atomic E-state index is 0.0249. The summed E-state index contributed by atoms with van der Waals surface area (Å²) in [4.78, 5) is 12.9. The van der Waals surface area contributed by atoms with E-state index >= 15 is 0 Å². The van der Waals surface area contributed by atoms with Gasteiger partial charge in [-0.25, -0.2) is 19.3 Å². The molecule has 0 aliphatic carbocycles. The average Bonchev–Trinajstić information content (AvgIpc) is 3.39. The molecule has 1 aliphatic rings. The summed E-state index contributed by atoms with van der Waals surface area (Å²) in [5, 5.41) is 15.0. The van der Waals surface area contributed by atoms with E-state index in [9.17, 15) is 4.39 Å². The van der Waals surface area contributed by atoms with Gasteiger partial charge in [-0.3, -0.25) is 4.40 Å². The molecule has 37 heavy (non-hydrogen) atoms. The van der Waals surface area contributed by atoms with Crippen molar-refractivity contribution in [3.63, 3.8) is 0 Å². The van der Waals surface area contributed by atoms with Crippen molar-refractivity contribution in [3.8, 4) is 23.1 Å². The predicted octanol–water partition coefficient (Wildman–Crippen LogP) is 3.88. The SMILES string of the molecule is COc1cc2ncnc(Nc3ccc(Oc4cc5nncn5cn4)c(F)c3)c2cc1OC1CCNCC1. The van der Waals surface area contributed by atoms with E-state index in [1.165, 1.54) is 31.1 Å². The fourth-order valence-corrected chi connectivity index (χ4v) is 4.19. The number of rotatable bonds is 7. The predicted molar refractivity (Wildman–Crippen MR) is 133 cm³/mol. The molecule has 0 atom stereocenters. The molecular formula is C25H23FN8O3. The second kappa shape index (κ2) is 9.82. The van der Waals surface area contributed by atoms with Crippen LogP contribution in [0.25, 0.3) is 16.6 Å². The fraction of sp³-hybridized carbons (Fsp3) is 0.240. The van der Waals surface area contributed by atoms with Crippen molar-refractivity contribution in [3.05, 3.63) is 61.2 Å². The molecular weight excluding hydrogens is 479 g/mol. The van der Waals surface area contributed by atoms with E-state index in [1.807, 2.05) is 12.1 Å². The second-order valence-corrected chi connectivity index (χ2v) is 8.51. The summed E-state index contributed by atoms with van der Waals surface area (Å²) in [6.07, 6.45) is 6.37. The van der Waals surface area contributed by atoms with Gasteiger partial charge in [0.25, 0.3) is 0 Å². The first-order chi connectivity index (χ1) is 18.2. The first kappa shape index (κ1) is 22.9. The van der Waals surface area contributed by atoms with Gasteiger partial charge >= 0.3 is 0 Å². The van der Waals surface area contributed by atoms with Crippen molar-refractivity contribution in [1.82, 2.24) is 34.9 Å². The summed E-state index contributed by atoms with van der Waals surface area (Å²) in [6, 6.07) is 9.79. The number of nitrogens with zero attached hydrogens (tertiary/aromatic N) is 6. The molecule has 12 heteroatoms. The number of nitrogens with one attached hydrogen (secondary N) is 2. The molecule has 4 heterocycles. The molecule has 3 aromatic heterocycles. The van der Waals surface area contributed by atoms with Crippen molar-refractivity contribution in [2.24, 2.45) is 0 Å². The Kier molecular flexibility index (Phi) is 6.06. The van der Waals surface area contributed by atoms with Gasteiger partial charge in [0.2, 0.25) is 5.88 Å². The second-order valence-electron chi connectivity index (χ2n) is 8.51. The zero-order valence-corrected chi connectivity index (χ0v) is 19.9. The number of fused-ring (bicyclic) bond motifs is 2. The standard InChI is InChI=1S/C25H23FN8O3/c1-35-21-10-19-17(9-22(21)36-16-4-6-27-7-5-16)25(29-12-28-19)32-15-2-3-20(18(26)8-15)37-24-11-23-33-31-14-34(23)13-30-24/h2-3,8-14,16,27H,4-7H2,1H3,(H,28,29,32). The number of ether oxygens (including phenoxy) is 3. The molecule has 2 N–H and O–H groups in total. The number of methoxy groups -OCH3 is 1. The maximum Gasteiger partial charge on any atom is 0.224 e. The quantitative estimate of drug-likeness (QED) is 0.339. The smallest absolute Gasteiger partial charge is 0.224 e. The zero-order chi connectivity index (χ0) is 25.2. The Hall–Kier alpha value is -4.58. The van der Waals surface area contributed by atoms with E-state index in [1.54, 1.807) is 23.6 Å². The molecule has 6 rings (SSSR count). The highest BCUT2D eigenvalue weighted by Gasteiger charge is 2.19. The molecule has 2 aromatic carbocycles. The highest BCUT2D eigenvalue weighted by Crippen LogP contribution is 2.36. The summed E-state index contributed by atoms with van der Waals surface area (Å²) in [7, 11) is 1.60. The molecule has 1 saturated heterocycles. The first-order valence-electron chi connectivity index (χ1n) is 11.8. The maximum atomic E-state index is 14.9. The minimum Gasteiger partial charge on any atom is -0.493 e. The van der Waals surface area contributed by atoms with Gasteiger partial charge in [-0.1, -0.05) is 0 Å². The van der Waals surface area contributed by atoms with Crippen LogP contribution >= 0.6 is 0 Å². The third kappa shape index (κ3) is 4.78. The van der Waals surface area contributed by atoms with E-state index in [0.717, 1.165) is 31.3 Å². The summed E-state index contributed by atoms with van der Waals surface area (Å²) in [5.74, 6) is 1.39. The topological polar surface area (TPSA) is 121 Å². The number of halogens is 1. The molecule has 0 radical (unpaired) electrons. The van der Waals surface area contributed by atoms with Crippen LogP contribution in [-0.2, 0) is 0 Å². The first-order valence-corrected chi connectivity index (χ1v) is 11.8. The lowest BCUT2D eigenvalue weighted by Gasteiger charge is -2.25. The lowest BCUT2D eigenvalue weighted by atomic mass is 10.1. The molecule has 188 valence electrons. The summed E-state index contributed by atoms with van der Waals surface area (Å²) in [5.41, 5.74) is 1.70. The van der Waals surface area contributed by atoms with Gasteiger partial charge in [0.1, 0.15) is 30.9 Å². The third-order valence-corrected chi connectivity index (χ3v) is 6.07. The van der Waals surface area contributed by atoms with Crippen LogP contribution in [0.3, 0.4) is 0 Å². The number of hydrogen-bond donors (Lipinski definition) is 2. The normalized spacial score (nSPS) is 14.1. The van der Waals surface area contributed by atoms with Gasteiger partial charge in [0, 0.05) is 29.3 Å². The van der Waals surface area contributed by atoms with Gasteiger partial charge in [0.05, 0.1) is 12.6 Å². The van der Waals surface area contributed by atoms with E-state index < -0.39 is 5.82 Å². The lowest BCUT2D eigenvalue weighted by Crippen LogP contribution is -2.34. The van der Waals surface area contributed by atoms with Crippen LogP contribution in [0.4, 0.5) is 15.9 Å². The van der Waals surface area contributed by atoms with Crippen molar-refractivity contribution in [1.29, 1.82) is 0 Å². The number of anilines is 2. The lowest BCUT2D eigenvalue weighted by molar-refractivity contribution is 0.157. The van der Waals surface area contributed by atoms with E-state index in [0.29, 0.717) is 34.2 Å². The van der Waals surface area contributed by atoms with Crippen molar-refractivity contribution >= 4 is 28.1 Å². The Morgan fingerprint density at radius 3 is 2.73 bits per heavy atom. The largest absolute Gasteiger partial charge is 0.493 e. The van der Waals surface area contributed by atoms with Crippen LogP contribution in [0.2, 0.25) is 0 Å². The van der Waals surface area contributed by atoms with Crippen LogP contribution in [-0.4, -0.2) is 55.9 Å². The van der Waals surface area contributed by atoms with Crippen LogP contribution in [0.1, 0.15) is 12.8 Å². The van der Waals surface area contributed by atoms with Crippen LogP contribution in [0, 0.1) is 5.82 Å². The third-order valence-electron chi connectivity index (χ3n) is 6.07. The molecule has 0 bridgehead atoms. The van der Waals surface area contributed by atoms with Crippen LogP contribution in [0.5, 0.6) is 23.1 Å². The summed E-state index contributed by atoms with van der Waals surface area (Å²) >= 11 is 0. The molecule has 0 spiro atoms. The maximum absolute atomic E-state index is 14.9. The monoisotopic (exact) mass is 502 g/mol. The number of piperidine rings is 1. The number of hydrogen-bond acceptors (Lipinski definition) is 10. The minimum atomic E-state index is -0.567. The summed E-state index contributed by atoms with van der Waals surface area (Å²) in [6.45, 7) is 1.82. The van der Waals surface area contributed by atoms with Gasteiger partial charge in [-0.15, -0.1) is 10.2 Å². The van der Waals surface area contributed by atoms with Crippen LogP contribution in [0.15, 0.2) is 55.4 Å². The van der Waals surface area contributed by atoms with Gasteiger partial charge in [0.15, 0.2) is 28.7 Å². The molecule has 0 amide bonds. The Morgan fingerprint density at radius 1 is 1.00 bits per heavy atom. The molecule has 1 fully saturated rings. The molecule has 11 nitrogen and oxygen atoms in total. The Labute approximate surface area is 210 Å².